The van der Waals surface area contributed by atoms with E-state index in [1.54, 1.807) is 0 Å². The van der Waals surface area contributed by atoms with Crippen LogP contribution in [0.1, 0.15) is 102 Å². The first-order valence-electron chi connectivity index (χ1n) is 16.6. The maximum absolute atomic E-state index is 14.1. The molecule has 1 heterocycles. The van der Waals surface area contributed by atoms with Crippen molar-refractivity contribution in [3.63, 3.8) is 0 Å². The summed E-state index contributed by atoms with van der Waals surface area (Å²) in [4.78, 5) is 80.2. The summed E-state index contributed by atoms with van der Waals surface area (Å²) in [5, 5.41) is 13.8. The van der Waals surface area contributed by atoms with Crippen molar-refractivity contribution in [3.8, 4) is 0 Å². The Labute approximate surface area is 274 Å². The van der Waals surface area contributed by atoms with E-state index < -0.39 is 76.2 Å². The van der Waals surface area contributed by atoms with E-state index >= 15 is 0 Å². The van der Waals surface area contributed by atoms with Gasteiger partial charge in [0.05, 0.1) is 12.1 Å². The van der Waals surface area contributed by atoms with Crippen molar-refractivity contribution in [1.82, 2.24) is 31.5 Å². The first-order valence-corrected chi connectivity index (χ1v) is 16.6. The quantitative estimate of drug-likeness (QED) is 0.191. The molecular formula is C33H58N6O7. The second-order valence-corrected chi connectivity index (χ2v) is 15.9. The van der Waals surface area contributed by atoms with E-state index in [0.717, 1.165) is 6.42 Å². The number of urea groups is 1. The molecule has 1 saturated heterocycles. The number of carbonyl (C=O) groups excluding carboxylic acids is 6. The number of ketones is 1. The number of nitrogens with one attached hydrogen (secondary N) is 5. The number of alkyl carbamates (subject to hydrolysis) is 1. The van der Waals surface area contributed by atoms with Crippen LogP contribution in [-0.4, -0.2) is 89.9 Å². The van der Waals surface area contributed by atoms with Gasteiger partial charge in [-0.3, -0.25) is 19.2 Å². The van der Waals surface area contributed by atoms with Gasteiger partial charge >= 0.3 is 12.1 Å². The largest absolute Gasteiger partial charge is 0.447 e. The fourth-order valence-corrected chi connectivity index (χ4v) is 5.48. The van der Waals surface area contributed by atoms with E-state index in [1.807, 2.05) is 76.2 Å². The maximum atomic E-state index is 14.1. The van der Waals surface area contributed by atoms with Gasteiger partial charge in [-0.05, 0) is 62.7 Å². The molecule has 2 aliphatic rings. The van der Waals surface area contributed by atoms with Crippen LogP contribution in [0.15, 0.2) is 0 Å². The first kappa shape index (κ1) is 38.8. The summed E-state index contributed by atoms with van der Waals surface area (Å²) >= 11 is 0. The first-order chi connectivity index (χ1) is 21.1. The third kappa shape index (κ3) is 11.2. The minimum atomic E-state index is -0.992. The highest BCUT2D eigenvalue weighted by atomic mass is 16.5. The fourth-order valence-electron chi connectivity index (χ4n) is 5.48. The zero-order valence-electron chi connectivity index (χ0n) is 29.7. The topological polar surface area (TPSA) is 175 Å². The number of likely N-dealkylation sites (tertiary alicyclic amines) is 1. The molecule has 262 valence electrons. The number of fused-ring (bicyclic) bond motifs is 1. The summed E-state index contributed by atoms with van der Waals surface area (Å²) in [5.41, 5.74) is -1.69. The van der Waals surface area contributed by atoms with Crippen LogP contribution in [0.5, 0.6) is 0 Å². The molecule has 0 aromatic rings. The van der Waals surface area contributed by atoms with Crippen LogP contribution < -0.4 is 26.6 Å². The lowest BCUT2D eigenvalue weighted by Crippen LogP contribution is -2.62. The van der Waals surface area contributed by atoms with E-state index in [0.29, 0.717) is 32.4 Å². The van der Waals surface area contributed by atoms with Crippen LogP contribution in [0.2, 0.25) is 0 Å². The van der Waals surface area contributed by atoms with Crippen LogP contribution in [-0.2, 0) is 23.9 Å². The Morgan fingerprint density at radius 3 is 2.00 bits per heavy atom. The Kier molecular flexibility index (Phi) is 13.1. The third-order valence-electron chi connectivity index (χ3n) is 8.27. The molecule has 5 N–H and O–H groups in total. The second kappa shape index (κ2) is 15.5. The molecule has 0 bridgehead atoms. The molecule has 46 heavy (non-hydrogen) atoms. The number of Topliss-reactive ketones (excluding diaryl/α,β-unsaturated/α-hetero) is 1. The maximum Gasteiger partial charge on any atom is 0.407 e. The van der Waals surface area contributed by atoms with Gasteiger partial charge in [0.15, 0.2) is 0 Å². The molecule has 0 aromatic heterocycles. The number of rotatable bonds is 13. The van der Waals surface area contributed by atoms with Crippen molar-refractivity contribution in [3.05, 3.63) is 0 Å². The van der Waals surface area contributed by atoms with Gasteiger partial charge in [-0.15, -0.1) is 0 Å². The molecule has 6 atom stereocenters. The molecule has 1 aliphatic heterocycles. The van der Waals surface area contributed by atoms with E-state index in [4.69, 9.17) is 4.74 Å². The summed E-state index contributed by atoms with van der Waals surface area (Å²) in [5.74, 6) is -2.20. The molecule has 2 rings (SSSR count). The van der Waals surface area contributed by atoms with Crippen molar-refractivity contribution in [2.24, 2.45) is 22.7 Å². The van der Waals surface area contributed by atoms with Gasteiger partial charge in [-0.2, -0.15) is 0 Å². The molecule has 0 radical (unpaired) electrons. The third-order valence-corrected chi connectivity index (χ3v) is 8.27. The van der Waals surface area contributed by atoms with Crippen molar-refractivity contribution < 1.29 is 33.5 Å². The predicted molar refractivity (Wildman–Crippen MR) is 175 cm³/mol. The Bertz CT molecular complexity index is 1140. The zero-order chi connectivity index (χ0) is 35.2. The van der Waals surface area contributed by atoms with E-state index in [9.17, 15) is 28.8 Å². The summed E-state index contributed by atoms with van der Waals surface area (Å²) in [6.45, 7) is 21.1. The molecule has 6 amide bonds. The molecule has 2 fully saturated rings. The molecule has 0 aromatic carbocycles. The number of nitrogens with zero attached hydrogens (tertiary/aromatic N) is 1. The van der Waals surface area contributed by atoms with Gasteiger partial charge < -0.3 is 36.2 Å². The van der Waals surface area contributed by atoms with Crippen LogP contribution in [0, 0.1) is 22.7 Å². The van der Waals surface area contributed by atoms with Gasteiger partial charge in [-0.1, -0.05) is 61.8 Å². The van der Waals surface area contributed by atoms with Gasteiger partial charge in [0.2, 0.25) is 17.6 Å². The summed E-state index contributed by atoms with van der Waals surface area (Å²) in [6.07, 6.45) is 1.72. The Morgan fingerprint density at radius 2 is 1.48 bits per heavy atom. The highest BCUT2D eigenvalue weighted by molar-refractivity contribution is 6.38. The number of carbonyl (C=O) groups is 6. The molecular weight excluding hydrogens is 592 g/mol. The standard InChI is InChI=1S/C33H58N6O7/c1-12-14-21(24(40)27(42)34-15-13-2)35-26(41)23-20-16-19(20)17-39(23)28(43)25(32(6,7)8)37-29(44)36-22(31(3,4)5)18-46-30(45)38-33(9,10)11/h19-23,25H,12-18H2,1-11H3,(H,34,42)(H,35,41)(H,38,45)(H2,36,37,44)/t19?,20-,21?,22+,23?,25?/m0/s1. The van der Waals surface area contributed by atoms with Gasteiger partial charge in [-0.25, -0.2) is 9.59 Å². The molecule has 4 unspecified atom stereocenters. The van der Waals surface area contributed by atoms with Crippen LogP contribution in [0.25, 0.3) is 0 Å². The molecule has 13 nitrogen and oxygen atoms in total. The average molecular weight is 651 g/mol. The second-order valence-electron chi connectivity index (χ2n) is 15.9. The normalized spacial score (nSPS) is 21.2. The van der Waals surface area contributed by atoms with E-state index in [-0.39, 0.29) is 18.4 Å². The van der Waals surface area contributed by atoms with Crippen molar-refractivity contribution in [1.29, 1.82) is 0 Å². The predicted octanol–water partition coefficient (Wildman–Crippen LogP) is 2.87. The molecule has 1 aliphatic carbocycles. The van der Waals surface area contributed by atoms with E-state index in [2.05, 4.69) is 26.6 Å². The van der Waals surface area contributed by atoms with Crippen LogP contribution in [0.3, 0.4) is 0 Å². The molecule has 0 spiro atoms. The van der Waals surface area contributed by atoms with Crippen molar-refractivity contribution >= 4 is 35.6 Å². The SMILES string of the molecule is CCCNC(=O)C(=O)C(CCC)NC(=O)C1[C@H]2CC2CN1C(=O)C(NC(=O)N[C@H](COC(=O)NC(C)(C)C)C(C)(C)C)C(C)(C)C. The number of hydrogen-bond acceptors (Lipinski definition) is 7. The number of amides is 6. The Balaban J connectivity index is 2.19. The summed E-state index contributed by atoms with van der Waals surface area (Å²) in [6, 6.07) is -3.97. The highest BCUT2D eigenvalue weighted by Crippen LogP contribution is 2.50. The average Bonchev–Trinajstić information content (AvgIpc) is 3.57. The van der Waals surface area contributed by atoms with Gasteiger partial charge in [0, 0.05) is 18.6 Å². The Hall–Kier alpha value is -3.38. The number of ether oxygens (including phenoxy) is 1. The minimum absolute atomic E-state index is 0.0497. The van der Waals surface area contributed by atoms with Gasteiger partial charge in [0.1, 0.15) is 18.7 Å². The van der Waals surface area contributed by atoms with E-state index in [1.165, 1.54) is 4.90 Å². The monoisotopic (exact) mass is 650 g/mol. The zero-order valence-corrected chi connectivity index (χ0v) is 29.7. The van der Waals surface area contributed by atoms with Crippen LogP contribution >= 0.6 is 0 Å². The Morgan fingerprint density at radius 1 is 0.848 bits per heavy atom. The van der Waals surface area contributed by atoms with Gasteiger partial charge in [0.25, 0.3) is 5.91 Å². The number of piperidine rings is 1. The molecule has 13 heteroatoms. The van der Waals surface area contributed by atoms with Crippen molar-refractivity contribution in [2.45, 2.75) is 132 Å². The summed E-state index contributed by atoms with van der Waals surface area (Å²) < 4.78 is 5.40. The highest BCUT2D eigenvalue weighted by Gasteiger charge is 2.58. The molecule has 1 saturated carbocycles. The lowest BCUT2D eigenvalue weighted by molar-refractivity contribution is -0.144. The van der Waals surface area contributed by atoms with Crippen LogP contribution in [0.4, 0.5) is 9.59 Å². The lowest BCUT2D eigenvalue weighted by atomic mass is 9.85. The smallest absolute Gasteiger partial charge is 0.407 e. The lowest BCUT2D eigenvalue weighted by Gasteiger charge is -2.37. The summed E-state index contributed by atoms with van der Waals surface area (Å²) in [7, 11) is 0. The van der Waals surface area contributed by atoms with Crippen molar-refractivity contribution in [2.75, 3.05) is 19.7 Å². The minimum Gasteiger partial charge on any atom is -0.447 e. The fraction of sp³-hybridized carbons (Fsp3) is 0.818. The number of hydrogen-bond donors (Lipinski definition) is 5.